The Balaban J connectivity index is 2.66. The highest BCUT2D eigenvalue weighted by atomic mass is 16.5. The number of rotatable bonds is 5. The van der Waals surface area contributed by atoms with Gasteiger partial charge >= 0.3 is 0 Å². The number of nitrogens with two attached hydrogens (primary N) is 1. The van der Waals surface area contributed by atoms with Crippen molar-refractivity contribution < 1.29 is 4.74 Å². The molecule has 0 aliphatic heterocycles. The zero-order chi connectivity index (χ0) is 9.52. The van der Waals surface area contributed by atoms with Gasteiger partial charge in [-0.15, -0.1) is 0 Å². The third-order valence-corrected chi connectivity index (χ3v) is 1.73. The summed E-state index contributed by atoms with van der Waals surface area (Å²) in [6.45, 7) is 3.48. The second-order valence-electron chi connectivity index (χ2n) is 2.84. The monoisotopic (exact) mass is 180 g/mol. The van der Waals surface area contributed by atoms with Gasteiger partial charge in [0.05, 0.1) is 6.61 Å². The molecule has 0 spiro atoms. The molecule has 3 heteroatoms. The second kappa shape index (κ2) is 5.56. The summed E-state index contributed by atoms with van der Waals surface area (Å²) in [5, 5.41) is 0. The van der Waals surface area contributed by atoms with E-state index in [2.05, 4.69) is 12.3 Å². The Morgan fingerprint density at radius 3 is 2.85 bits per heavy atom. The molecule has 0 aliphatic rings. The van der Waals surface area contributed by atoms with E-state index < -0.39 is 0 Å². The maximum atomic E-state index is 5.54. The molecule has 0 amide bonds. The van der Waals surface area contributed by atoms with Crippen molar-refractivity contribution >= 4 is 0 Å². The predicted molar refractivity (Wildman–Crippen MR) is 53.3 cm³/mol. The van der Waals surface area contributed by atoms with E-state index in [1.54, 1.807) is 0 Å². The van der Waals surface area contributed by atoms with Crippen molar-refractivity contribution in [3.05, 3.63) is 29.8 Å². The molecule has 0 saturated heterocycles. The zero-order valence-corrected chi connectivity index (χ0v) is 7.92. The fraction of sp³-hybridized carbons (Fsp3) is 0.400. The molecule has 0 aliphatic carbocycles. The molecule has 3 N–H and O–H groups in total. The Hall–Kier alpha value is -1.06. The molecule has 0 aromatic heterocycles. The first-order valence-electron chi connectivity index (χ1n) is 4.52. The molecule has 0 radical (unpaired) electrons. The quantitative estimate of drug-likeness (QED) is 0.532. The van der Waals surface area contributed by atoms with E-state index in [1.165, 1.54) is 0 Å². The van der Waals surface area contributed by atoms with Crippen LogP contribution in [0.2, 0.25) is 0 Å². The minimum Gasteiger partial charge on any atom is -0.493 e. The lowest BCUT2D eigenvalue weighted by atomic mass is 10.2. The van der Waals surface area contributed by atoms with Crippen LogP contribution in [0.1, 0.15) is 18.9 Å². The first-order chi connectivity index (χ1) is 6.38. The van der Waals surface area contributed by atoms with Crippen LogP contribution >= 0.6 is 0 Å². The maximum absolute atomic E-state index is 5.54. The van der Waals surface area contributed by atoms with Gasteiger partial charge in [0.25, 0.3) is 0 Å². The lowest BCUT2D eigenvalue weighted by Crippen LogP contribution is -2.21. The second-order valence-corrected chi connectivity index (χ2v) is 2.84. The van der Waals surface area contributed by atoms with Gasteiger partial charge in [0, 0.05) is 12.1 Å². The van der Waals surface area contributed by atoms with Crippen LogP contribution in [0.3, 0.4) is 0 Å². The van der Waals surface area contributed by atoms with E-state index >= 15 is 0 Å². The summed E-state index contributed by atoms with van der Waals surface area (Å²) in [5.74, 6) is 6.17. The number of para-hydroxylation sites is 1. The molecule has 0 bridgehead atoms. The average Bonchev–Trinajstić information content (AvgIpc) is 2.17. The van der Waals surface area contributed by atoms with Crippen LogP contribution in [-0.2, 0) is 6.54 Å². The number of hydrogen-bond acceptors (Lipinski definition) is 3. The van der Waals surface area contributed by atoms with Crippen molar-refractivity contribution in [2.75, 3.05) is 6.61 Å². The average molecular weight is 180 g/mol. The molecule has 1 rings (SSSR count). The summed E-state index contributed by atoms with van der Waals surface area (Å²) in [7, 11) is 0. The molecule has 72 valence electrons. The number of ether oxygens (including phenoxy) is 1. The van der Waals surface area contributed by atoms with Crippen LogP contribution in [0.15, 0.2) is 24.3 Å². The van der Waals surface area contributed by atoms with Gasteiger partial charge in [0.1, 0.15) is 5.75 Å². The summed E-state index contributed by atoms with van der Waals surface area (Å²) in [6, 6.07) is 7.91. The van der Waals surface area contributed by atoms with Crippen molar-refractivity contribution in [2.24, 2.45) is 5.84 Å². The van der Waals surface area contributed by atoms with Crippen molar-refractivity contribution in [1.82, 2.24) is 5.43 Å². The summed E-state index contributed by atoms with van der Waals surface area (Å²) < 4.78 is 5.54. The predicted octanol–water partition coefficient (Wildman–Crippen LogP) is 1.44. The minimum atomic E-state index is 0.639. The molecule has 0 fully saturated rings. The van der Waals surface area contributed by atoms with E-state index in [0.717, 1.165) is 24.3 Å². The van der Waals surface area contributed by atoms with Gasteiger partial charge in [-0.1, -0.05) is 25.1 Å². The van der Waals surface area contributed by atoms with Crippen molar-refractivity contribution in [2.45, 2.75) is 19.9 Å². The van der Waals surface area contributed by atoms with Gasteiger partial charge in [-0.3, -0.25) is 11.3 Å². The van der Waals surface area contributed by atoms with E-state index in [-0.39, 0.29) is 0 Å². The number of hydrogen-bond donors (Lipinski definition) is 2. The standard InChI is InChI=1S/C10H16N2O/c1-2-7-13-10-6-4-3-5-9(10)8-12-11/h3-6,12H,2,7-8,11H2,1H3. The van der Waals surface area contributed by atoms with E-state index in [4.69, 9.17) is 10.6 Å². The largest absolute Gasteiger partial charge is 0.493 e. The Morgan fingerprint density at radius 1 is 1.38 bits per heavy atom. The summed E-state index contributed by atoms with van der Waals surface area (Å²) in [4.78, 5) is 0. The molecule has 0 atom stereocenters. The smallest absolute Gasteiger partial charge is 0.123 e. The molecule has 0 heterocycles. The van der Waals surface area contributed by atoms with Gasteiger partial charge in [0.15, 0.2) is 0 Å². The van der Waals surface area contributed by atoms with Gasteiger partial charge in [-0.05, 0) is 12.5 Å². The van der Waals surface area contributed by atoms with Crippen LogP contribution in [0.5, 0.6) is 5.75 Å². The number of hydrazine groups is 1. The highest BCUT2D eigenvalue weighted by Crippen LogP contribution is 2.17. The summed E-state index contributed by atoms with van der Waals surface area (Å²) in [6.07, 6.45) is 1.02. The maximum Gasteiger partial charge on any atom is 0.123 e. The normalized spacial score (nSPS) is 10.0. The van der Waals surface area contributed by atoms with Crippen LogP contribution in [0.4, 0.5) is 0 Å². The van der Waals surface area contributed by atoms with Crippen molar-refractivity contribution in [3.63, 3.8) is 0 Å². The summed E-state index contributed by atoms with van der Waals surface area (Å²) >= 11 is 0. The van der Waals surface area contributed by atoms with Crippen LogP contribution in [0.25, 0.3) is 0 Å². The number of benzene rings is 1. The van der Waals surface area contributed by atoms with Gasteiger partial charge < -0.3 is 4.74 Å². The van der Waals surface area contributed by atoms with Crippen molar-refractivity contribution in [1.29, 1.82) is 0 Å². The SMILES string of the molecule is CCCOc1ccccc1CNN. The Morgan fingerprint density at radius 2 is 2.15 bits per heavy atom. The molecule has 0 unspecified atom stereocenters. The molecule has 3 nitrogen and oxygen atoms in total. The highest BCUT2D eigenvalue weighted by molar-refractivity contribution is 5.33. The molecule has 13 heavy (non-hydrogen) atoms. The van der Waals surface area contributed by atoms with E-state index in [9.17, 15) is 0 Å². The van der Waals surface area contributed by atoms with Gasteiger partial charge in [0.2, 0.25) is 0 Å². The molecule has 1 aromatic carbocycles. The molecular weight excluding hydrogens is 164 g/mol. The first kappa shape index (κ1) is 10.0. The van der Waals surface area contributed by atoms with Crippen LogP contribution in [-0.4, -0.2) is 6.61 Å². The fourth-order valence-corrected chi connectivity index (χ4v) is 1.11. The third-order valence-electron chi connectivity index (χ3n) is 1.73. The lowest BCUT2D eigenvalue weighted by Gasteiger charge is -2.09. The fourth-order valence-electron chi connectivity index (χ4n) is 1.11. The molecule has 0 saturated carbocycles. The molecule has 1 aromatic rings. The zero-order valence-electron chi connectivity index (χ0n) is 7.92. The van der Waals surface area contributed by atoms with Crippen molar-refractivity contribution in [3.8, 4) is 5.75 Å². The van der Waals surface area contributed by atoms with E-state index in [0.29, 0.717) is 6.54 Å². The first-order valence-corrected chi connectivity index (χ1v) is 4.52. The van der Waals surface area contributed by atoms with Gasteiger partial charge in [-0.25, -0.2) is 0 Å². The van der Waals surface area contributed by atoms with Crippen LogP contribution in [0, 0.1) is 0 Å². The Labute approximate surface area is 78.9 Å². The Kier molecular flexibility index (Phi) is 4.29. The third kappa shape index (κ3) is 3.05. The van der Waals surface area contributed by atoms with Crippen LogP contribution < -0.4 is 16.0 Å². The molecular formula is C10H16N2O. The number of nitrogens with one attached hydrogen (secondary N) is 1. The van der Waals surface area contributed by atoms with Gasteiger partial charge in [-0.2, -0.15) is 0 Å². The Bertz CT molecular complexity index is 250. The lowest BCUT2D eigenvalue weighted by molar-refractivity contribution is 0.313. The highest BCUT2D eigenvalue weighted by Gasteiger charge is 2.00. The summed E-state index contributed by atoms with van der Waals surface area (Å²) in [5.41, 5.74) is 3.72. The minimum absolute atomic E-state index is 0.639. The topological polar surface area (TPSA) is 47.3 Å². The van der Waals surface area contributed by atoms with E-state index in [1.807, 2.05) is 24.3 Å².